The summed E-state index contributed by atoms with van der Waals surface area (Å²) in [5.41, 5.74) is -0.0103. The fourth-order valence-electron chi connectivity index (χ4n) is 4.43. The first-order chi connectivity index (χ1) is 14.9. The summed E-state index contributed by atoms with van der Waals surface area (Å²) in [6.45, 7) is 1.63. The zero-order chi connectivity index (χ0) is 22.0. The van der Waals surface area contributed by atoms with Crippen LogP contribution in [0.2, 0.25) is 0 Å². The molecule has 1 saturated heterocycles. The van der Waals surface area contributed by atoms with Crippen molar-refractivity contribution < 1.29 is 14.4 Å². The molecule has 1 atom stereocenters. The number of anilines is 1. The van der Waals surface area contributed by atoms with Crippen molar-refractivity contribution in [2.75, 3.05) is 25.5 Å². The van der Waals surface area contributed by atoms with Crippen LogP contribution in [0.3, 0.4) is 0 Å². The smallest absolute Gasteiger partial charge is 0.296 e. The molecule has 1 amide bonds. The molecule has 1 fully saturated rings. The number of piperidine rings is 1. The van der Waals surface area contributed by atoms with Crippen LogP contribution in [-0.2, 0) is 18.9 Å². The first-order valence-electron chi connectivity index (χ1n) is 10.1. The lowest BCUT2D eigenvalue weighted by Crippen LogP contribution is -2.49. The number of hydrogen-bond donors (Lipinski definition) is 2. The molecule has 3 heterocycles. The second kappa shape index (κ2) is 8.35. The highest BCUT2D eigenvalue weighted by molar-refractivity contribution is 6.04. The van der Waals surface area contributed by atoms with E-state index in [0.29, 0.717) is 24.5 Å². The standard InChI is InChI=1S/C22H25N5O4/c1-26-10-6-9-22(14-26,11-15-7-4-3-5-8-15)21-25-17(18(28)20(30)27(21)2)19(29)24-16-12-23-31-13-16/h3-5,7-8,12-13,28H,6,9-11,14H2,1-2H3,(H,24,29). The van der Waals surface area contributed by atoms with Gasteiger partial charge in [0.15, 0.2) is 5.69 Å². The lowest BCUT2D eigenvalue weighted by molar-refractivity contribution is 0.101. The molecule has 0 saturated carbocycles. The highest BCUT2D eigenvalue weighted by Gasteiger charge is 2.41. The van der Waals surface area contributed by atoms with Crippen LogP contribution in [0.5, 0.6) is 5.75 Å². The number of likely N-dealkylation sites (tertiary alicyclic amines) is 1. The maximum Gasteiger partial charge on any atom is 0.296 e. The number of likely N-dealkylation sites (N-methyl/N-ethyl adjacent to an activating group) is 1. The van der Waals surface area contributed by atoms with E-state index in [4.69, 9.17) is 4.52 Å². The predicted octanol–water partition coefficient (Wildman–Crippen LogP) is 1.93. The molecule has 0 radical (unpaired) electrons. The van der Waals surface area contributed by atoms with E-state index in [0.717, 1.165) is 24.9 Å². The Bertz CT molecular complexity index is 1130. The minimum atomic E-state index is -0.696. The maximum atomic E-state index is 12.9. The van der Waals surface area contributed by atoms with Gasteiger partial charge in [0.05, 0.1) is 6.20 Å². The Labute approximate surface area is 179 Å². The van der Waals surface area contributed by atoms with Gasteiger partial charge in [-0.05, 0) is 38.4 Å². The van der Waals surface area contributed by atoms with E-state index in [-0.39, 0.29) is 5.69 Å². The third kappa shape index (κ3) is 4.09. The molecular weight excluding hydrogens is 398 g/mol. The number of nitrogens with zero attached hydrogens (tertiary/aromatic N) is 4. The SMILES string of the molecule is CN1CCCC(Cc2ccccc2)(c2nc(C(=O)Nc3cnoc3)c(O)c(=O)n2C)C1. The Morgan fingerprint density at radius 1 is 1.29 bits per heavy atom. The van der Waals surface area contributed by atoms with Crippen LogP contribution in [0.4, 0.5) is 5.69 Å². The van der Waals surface area contributed by atoms with Gasteiger partial charge in [-0.3, -0.25) is 14.2 Å². The second-order valence-electron chi connectivity index (χ2n) is 8.15. The first kappa shape index (κ1) is 20.8. The molecule has 1 aromatic carbocycles. The van der Waals surface area contributed by atoms with Gasteiger partial charge >= 0.3 is 0 Å². The molecule has 162 valence electrons. The molecule has 0 bridgehead atoms. The Kier molecular flexibility index (Phi) is 5.60. The lowest BCUT2D eigenvalue weighted by atomic mass is 9.74. The summed E-state index contributed by atoms with van der Waals surface area (Å²) in [5.74, 6) is -0.890. The molecule has 2 N–H and O–H groups in total. The van der Waals surface area contributed by atoms with Crippen LogP contribution >= 0.6 is 0 Å². The van der Waals surface area contributed by atoms with Crippen LogP contribution in [0.25, 0.3) is 0 Å². The van der Waals surface area contributed by atoms with E-state index in [9.17, 15) is 14.7 Å². The van der Waals surface area contributed by atoms with E-state index < -0.39 is 22.6 Å². The predicted molar refractivity (Wildman–Crippen MR) is 114 cm³/mol. The molecule has 1 unspecified atom stereocenters. The van der Waals surface area contributed by atoms with Gasteiger partial charge in [0.25, 0.3) is 11.5 Å². The number of hydrogen-bond acceptors (Lipinski definition) is 7. The number of rotatable bonds is 5. The maximum absolute atomic E-state index is 12.9. The molecule has 31 heavy (non-hydrogen) atoms. The highest BCUT2D eigenvalue weighted by atomic mass is 16.5. The third-order valence-corrected chi connectivity index (χ3v) is 5.80. The van der Waals surface area contributed by atoms with Crippen molar-refractivity contribution in [2.45, 2.75) is 24.7 Å². The van der Waals surface area contributed by atoms with Crippen molar-refractivity contribution in [3.05, 3.63) is 70.2 Å². The first-order valence-corrected chi connectivity index (χ1v) is 10.1. The van der Waals surface area contributed by atoms with Gasteiger partial charge in [0.1, 0.15) is 17.8 Å². The summed E-state index contributed by atoms with van der Waals surface area (Å²) in [6, 6.07) is 10.0. The molecule has 9 heteroatoms. The Balaban J connectivity index is 1.81. The van der Waals surface area contributed by atoms with Gasteiger partial charge in [-0.2, -0.15) is 0 Å². The average Bonchev–Trinajstić information content (AvgIpc) is 3.25. The summed E-state index contributed by atoms with van der Waals surface area (Å²) < 4.78 is 6.09. The molecule has 3 aromatic rings. The number of nitrogens with one attached hydrogen (secondary N) is 1. The zero-order valence-electron chi connectivity index (χ0n) is 17.5. The Morgan fingerprint density at radius 2 is 2.06 bits per heavy atom. The van der Waals surface area contributed by atoms with E-state index in [1.807, 2.05) is 37.4 Å². The number of carbonyl (C=O) groups is 1. The molecule has 1 aliphatic rings. The monoisotopic (exact) mass is 423 g/mol. The minimum Gasteiger partial charge on any atom is -0.501 e. The normalized spacial score (nSPS) is 19.3. The summed E-state index contributed by atoms with van der Waals surface area (Å²) in [4.78, 5) is 32.5. The molecular formula is C22H25N5O4. The van der Waals surface area contributed by atoms with Crippen LogP contribution in [-0.4, -0.2) is 50.8 Å². The number of amides is 1. The number of benzene rings is 1. The van der Waals surface area contributed by atoms with E-state index >= 15 is 0 Å². The van der Waals surface area contributed by atoms with Gasteiger partial charge in [0, 0.05) is 19.0 Å². The average molecular weight is 423 g/mol. The largest absolute Gasteiger partial charge is 0.501 e. The fraction of sp³-hybridized carbons (Fsp3) is 0.364. The Morgan fingerprint density at radius 3 is 2.74 bits per heavy atom. The van der Waals surface area contributed by atoms with Gasteiger partial charge in [-0.15, -0.1) is 0 Å². The van der Waals surface area contributed by atoms with Crippen molar-refractivity contribution in [1.82, 2.24) is 19.6 Å². The molecule has 4 rings (SSSR count). The molecule has 9 nitrogen and oxygen atoms in total. The van der Waals surface area contributed by atoms with Crippen LogP contribution in [0.15, 0.2) is 52.1 Å². The van der Waals surface area contributed by atoms with Gasteiger partial charge in [-0.1, -0.05) is 35.5 Å². The second-order valence-corrected chi connectivity index (χ2v) is 8.15. The van der Waals surface area contributed by atoms with E-state index in [2.05, 4.69) is 20.4 Å². The molecule has 0 spiro atoms. The van der Waals surface area contributed by atoms with Crippen molar-refractivity contribution in [2.24, 2.45) is 7.05 Å². The summed E-state index contributed by atoms with van der Waals surface area (Å²) >= 11 is 0. The topological polar surface area (TPSA) is 113 Å². The quantitative estimate of drug-likeness (QED) is 0.645. The summed E-state index contributed by atoms with van der Waals surface area (Å²) in [7, 11) is 3.63. The van der Waals surface area contributed by atoms with Gasteiger partial charge < -0.3 is 19.8 Å². The molecule has 0 aliphatic carbocycles. The van der Waals surface area contributed by atoms with Crippen molar-refractivity contribution in [3.63, 3.8) is 0 Å². The fourth-order valence-corrected chi connectivity index (χ4v) is 4.43. The summed E-state index contributed by atoms with van der Waals surface area (Å²) in [5, 5.41) is 16.5. The van der Waals surface area contributed by atoms with Crippen LogP contribution in [0.1, 0.15) is 34.7 Å². The molecule has 2 aromatic heterocycles. The minimum absolute atomic E-state index is 0.306. The number of carbonyl (C=O) groups excluding carboxylic acids is 1. The van der Waals surface area contributed by atoms with E-state index in [1.54, 1.807) is 7.05 Å². The highest BCUT2D eigenvalue weighted by Crippen LogP contribution is 2.36. The van der Waals surface area contributed by atoms with Crippen molar-refractivity contribution in [1.29, 1.82) is 0 Å². The van der Waals surface area contributed by atoms with E-state index in [1.165, 1.54) is 17.0 Å². The van der Waals surface area contributed by atoms with Crippen molar-refractivity contribution >= 4 is 11.6 Å². The third-order valence-electron chi connectivity index (χ3n) is 5.80. The van der Waals surface area contributed by atoms with Crippen LogP contribution in [0, 0.1) is 0 Å². The lowest BCUT2D eigenvalue weighted by Gasteiger charge is -2.42. The van der Waals surface area contributed by atoms with Gasteiger partial charge in [-0.25, -0.2) is 4.98 Å². The van der Waals surface area contributed by atoms with Gasteiger partial charge in [0.2, 0.25) is 5.75 Å². The number of aromatic hydroxyl groups is 1. The zero-order valence-corrected chi connectivity index (χ0v) is 17.5. The van der Waals surface area contributed by atoms with Crippen molar-refractivity contribution in [3.8, 4) is 5.75 Å². The number of aromatic nitrogens is 3. The van der Waals surface area contributed by atoms with Crippen LogP contribution < -0.4 is 10.9 Å². The molecule has 1 aliphatic heterocycles. The summed E-state index contributed by atoms with van der Waals surface area (Å²) in [6.07, 6.45) is 4.98. The Hall–Kier alpha value is -3.46.